The zero-order valence-electron chi connectivity index (χ0n) is 7.34. The van der Waals surface area contributed by atoms with Crippen molar-refractivity contribution in [3.63, 3.8) is 0 Å². The summed E-state index contributed by atoms with van der Waals surface area (Å²) in [5.41, 5.74) is 0. The molecule has 0 aromatic carbocycles. The molecule has 0 aliphatic carbocycles. The fraction of sp³-hybridized carbons (Fsp3) is 0. The molecule has 0 heterocycles. The molecule has 0 aliphatic heterocycles. The van der Waals surface area contributed by atoms with Gasteiger partial charge in [-0.15, -0.1) is 23.6 Å². The van der Waals surface area contributed by atoms with E-state index in [1.807, 2.05) is 0 Å². The molecule has 12 heavy (non-hydrogen) atoms. The van der Waals surface area contributed by atoms with Crippen LogP contribution in [0.15, 0.2) is 0 Å². The van der Waals surface area contributed by atoms with Gasteiger partial charge in [0.1, 0.15) is 0 Å². The minimum absolute atomic E-state index is 0. The quantitative estimate of drug-likeness (QED) is 0.261. The van der Waals surface area contributed by atoms with Gasteiger partial charge in [-0.25, -0.2) is 0 Å². The van der Waals surface area contributed by atoms with Crippen molar-refractivity contribution in [1.82, 2.24) is 0 Å². The summed E-state index contributed by atoms with van der Waals surface area (Å²) >= 11 is 28.2. The third-order valence-corrected chi connectivity index (χ3v) is 24.3. The number of hydrogen-bond acceptors (Lipinski definition) is 6. The second-order valence-corrected chi connectivity index (χ2v) is 25.3. The first-order chi connectivity index (χ1) is 3.25. The predicted molar refractivity (Wildman–Crippen MR) is 58.0 cm³/mol. The first kappa shape index (κ1) is 31.2. The third kappa shape index (κ3) is 16.7. The molecule has 0 radical (unpaired) electrons. The Hall–Kier alpha value is 6.70. The summed E-state index contributed by atoms with van der Waals surface area (Å²) in [7, 11) is 0. The molecular formula is Na4P2S6. The molecule has 0 spiro atoms. The van der Waals surface area contributed by atoms with E-state index in [9.17, 15) is 0 Å². The van der Waals surface area contributed by atoms with Crippen LogP contribution >= 0.6 is 8.26 Å². The van der Waals surface area contributed by atoms with Crippen LogP contribution in [0.1, 0.15) is 0 Å². The normalized spacial score (nSPS) is 9.33. The van der Waals surface area contributed by atoms with Crippen LogP contribution in [0.25, 0.3) is 0 Å². The molecule has 0 bridgehead atoms. The minimum Gasteiger partial charge on any atom is -0.768 e. The average Bonchev–Trinajstić information content (AvgIpc) is 1.25. The third-order valence-electron chi connectivity index (χ3n) is 0.300. The molecule has 12 heteroatoms. The molecule has 0 unspecified atom stereocenters. The van der Waals surface area contributed by atoms with Gasteiger partial charge in [-0.3, -0.25) is 0 Å². The molecule has 50 valence electrons. The molecule has 0 saturated heterocycles. The molecule has 0 rings (SSSR count). The fourth-order valence-corrected chi connectivity index (χ4v) is 0. The molecule has 0 atom stereocenters. The summed E-state index contributed by atoms with van der Waals surface area (Å²) in [5, 5.41) is 0. The Bertz CT molecular complexity index is 146. The maximum Gasteiger partial charge on any atom is 1.00 e. The van der Waals surface area contributed by atoms with Crippen LogP contribution in [-0.4, -0.2) is 0 Å². The Morgan fingerprint density at radius 3 is 0.667 bits per heavy atom. The number of rotatable bonds is 1. The van der Waals surface area contributed by atoms with Crippen LogP contribution < -0.4 is 118 Å². The van der Waals surface area contributed by atoms with Gasteiger partial charge in [-0.05, 0) is 0 Å². The summed E-state index contributed by atoms with van der Waals surface area (Å²) in [4.78, 5) is 0. The van der Waals surface area contributed by atoms with Gasteiger partial charge in [0, 0.05) is 0 Å². The Balaban J connectivity index is -0.0000000408. The Labute approximate surface area is 194 Å². The molecule has 0 aromatic rings. The smallest absolute Gasteiger partial charge is 0.768 e. The van der Waals surface area contributed by atoms with Crippen LogP contribution in [0, 0.1) is 0 Å². The Morgan fingerprint density at radius 2 is 0.667 bits per heavy atom. The average molecular weight is 346 g/mol. The van der Waals surface area contributed by atoms with Crippen LogP contribution in [0.5, 0.6) is 0 Å². The minimum atomic E-state index is -2.29. The molecule has 0 N–H and O–H groups in total. The maximum absolute atomic E-state index is 4.70. The van der Waals surface area contributed by atoms with E-state index in [1.165, 1.54) is 0 Å². The van der Waals surface area contributed by atoms with Crippen LogP contribution in [-0.2, 0) is 72.6 Å². The van der Waals surface area contributed by atoms with Crippen molar-refractivity contribution in [2.45, 2.75) is 0 Å². The van der Waals surface area contributed by atoms with E-state index in [2.05, 4.69) is 0 Å². The van der Waals surface area contributed by atoms with Gasteiger partial charge >= 0.3 is 118 Å². The van der Waals surface area contributed by atoms with Crippen molar-refractivity contribution in [2.75, 3.05) is 0 Å². The van der Waals surface area contributed by atoms with Gasteiger partial charge in [0.25, 0.3) is 0 Å². The van der Waals surface area contributed by atoms with E-state index >= 15 is 0 Å². The SMILES string of the molecule is S=P([S-])([S-])P(=S)([S-])[S-].[Na+].[Na+].[Na+].[Na+]. The van der Waals surface area contributed by atoms with Gasteiger partial charge in [0.05, 0.1) is 0 Å². The van der Waals surface area contributed by atoms with Gasteiger partial charge in [0.2, 0.25) is 0 Å². The largest absolute Gasteiger partial charge is 1.00 e. The fourth-order valence-electron chi connectivity index (χ4n) is 0. The second-order valence-electron chi connectivity index (χ2n) is 0.937. The van der Waals surface area contributed by atoms with Crippen molar-refractivity contribution in [2.24, 2.45) is 0 Å². The zero-order valence-corrected chi connectivity index (χ0v) is 22.0. The molecule has 0 fully saturated rings. The maximum atomic E-state index is 4.70. The van der Waals surface area contributed by atoms with E-state index in [0.29, 0.717) is 0 Å². The first-order valence-electron chi connectivity index (χ1n) is 1.30. The van der Waals surface area contributed by atoms with Crippen molar-refractivity contribution in [3.8, 4) is 0 Å². The molecular weight excluding hydrogens is 346 g/mol. The summed E-state index contributed by atoms with van der Waals surface area (Å²) in [5.74, 6) is 0. The van der Waals surface area contributed by atoms with E-state index in [-0.39, 0.29) is 118 Å². The number of hydrogen-bond donors (Lipinski definition) is 0. The van der Waals surface area contributed by atoms with Crippen molar-refractivity contribution in [3.05, 3.63) is 0 Å². The van der Waals surface area contributed by atoms with Crippen molar-refractivity contribution < 1.29 is 118 Å². The Morgan fingerprint density at radius 1 is 0.583 bits per heavy atom. The standard InChI is InChI=1S/4Na.H4P2S6/c;;;;3-1(4,5)2(6,7)8/h;;;;(H2,3,4,5)(H2,6,7,8)/q4*+1;/p-4. The van der Waals surface area contributed by atoms with Gasteiger partial charge in [-0.1, -0.05) is 0 Å². The summed E-state index contributed by atoms with van der Waals surface area (Å²) in [6.07, 6.45) is 0. The molecule has 0 aromatic heterocycles. The van der Waals surface area contributed by atoms with Crippen LogP contribution in [0.3, 0.4) is 0 Å². The predicted octanol–water partition coefficient (Wildman–Crippen LogP) is -10.3. The molecule has 0 aliphatic rings. The zero-order chi connectivity index (χ0) is 7.00. The molecule has 0 amide bonds. The second kappa shape index (κ2) is 14.1. The van der Waals surface area contributed by atoms with Gasteiger partial charge in [0.15, 0.2) is 0 Å². The monoisotopic (exact) mass is 346 g/mol. The summed E-state index contributed by atoms with van der Waals surface area (Å²) < 4.78 is -4.59. The van der Waals surface area contributed by atoms with Gasteiger partial charge < -0.3 is 57.3 Å². The van der Waals surface area contributed by atoms with E-state index in [0.717, 1.165) is 0 Å². The van der Waals surface area contributed by atoms with Crippen molar-refractivity contribution >= 4 is 80.9 Å². The van der Waals surface area contributed by atoms with E-state index in [1.54, 1.807) is 0 Å². The van der Waals surface area contributed by atoms with E-state index < -0.39 is 8.26 Å². The summed E-state index contributed by atoms with van der Waals surface area (Å²) in [6, 6.07) is 0. The Kier molecular flexibility index (Phi) is 36.7. The summed E-state index contributed by atoms with van der Waals surface area (Å²) in [6.45, 7) is 0. The topological polar surface area (TPSA) is 0 Å². The van der Waals surface area contributed by atoms with E-state index in [4.69, 9.17) is 72.6 Å². The van der Waals surface area contributed by atoms with Crippen LogP contribution in [0.4, 0.5) is 0 Å². The van der Waals surface area contributed by atoms with Crippen molar-refractivity contribution in [1.29, 1.82) is 0 Å². The first-order valence-corrected chi connectivity index (χ1v) is 11.7. The molecule has 0 nitrogen and oxygen atoms in total. The van der Waals surface area contributed by atoms with Gasteiger partial charge in [-0.2, -0.15) is 0 Å². The van der Waals surface area contributed by atoms with Crippen LogP contribution in [0.2, 0.25) is 0 Å². The molecule has 0 saturated carbocycles.